The SMILES string of the molecule is CS(=O)(=O)N(CC(=O)N/N=C\c1ccc(OCc2ccc(Cl)cc2)cc1)c1cccc2ccccc12. The van der Waals surface area contributed by atoms with E-state index in [-0.39, 0.29) is 0 Å². The van der Waals surface area contributed by atoms with E-state index in [0.29, 0.717) is 23.1 Å². The molecular weight excluding hydrogens is 498 g/mol. The number of anilines is 1. The normalized spacial score (nSPS) is 11.5. The number of hydrogen-bond acceptors (Lipinski definition) is 5. The van der Waals surface area contributed by atoms with Crippen molar-refractivity contribution in [3.05, 3.63) is 107 Å². The molecule has 0 spiro atoms. The van der Waals surface area contributed by atoms with E-state index in [1.807, 2.05) is 54.6 Å². The summed E-state index contributed by atoms with van der Waals surface area (Å²) in [6.45, 7) is 0.00978. The molecule has 1 amide bonds. The summed E-state index contributed by atoms with van der Waals surface area (Å²) in [6.07, 6.45) is 2.55. The maximum atomic E-state index is 12.5. The fraction of sp³-hybridized carbons (Fsp3) is 0.111. The highest BCUT2D eigenvalue weighted by atomic mass is 35.5. The van der Waals surface area contributed by atoms with Gasteiger partial charge in [-0.3, -0.25) is 9.10 Å². The number of halogens is 1. The Morgan fingerprint density at radius 3 is 2.39 bits per heavy atom. The molecule has 4 aromatic carbocycles. The minimum absolute atomic E-state index is 0.401. The topological polar surface area (TPSA) is 88.1 Å². The Morgan fingerprint density at radius 2 is 1.67 bits per heavy atom. The van der Waals surface area contributed by atoms with Gasteiger partial charge >= 0.3 is 0 Å². The third kappa shape index (κ3) is 6.62. The van der Waals surface area contributed by atoms with Crippen molar-refractivity contribution >= 4 is 50.2 Å². The van der Waals surface area contributed by atoms with E-state index < -0.39 is 22.5 Å². The van der Waals surface area contributed by atoms with Crippen LogP contribution in [-0.2, 0) is 21.4 Å². The molecule has 0 heterocycles. The van der Waals surface area contributed by atoms with E-state index in [1.54, 1.807) is 36.4 Å². The first-order valence-electron chi connectivity index (χ1n) is 11.0. The molecule has 0 unspecified atom stereocenters. The number of hydrogen-bond donors (Lipinski definition) is 1. The molecule has 0 atom stereocenters. The van der Waals surface area contributed by atoms with Gasteiger partial charge in [-0.15, -0.1) is 0 Å². The number of amides is 1. The van der Waals surface area contributed by atoms with Crippen LogP contribution < -0.4 is 14.5 Å². The van der Waals surface area contributed by atoms with Gasteiger partial charge in [-0.25, -0.2) is 13.8 Å². The zero-order chi connectivity index (χ0) is 25.5. The van der Waals surface area contributed by atoms with E-state index >= 15 is 0 Å². The second kappa shape index (κ2) is 11.2. The minimum atomic E-state index is -3.71. The first kappa shape index (κ1) is 25.2. The fourth-order valence-corrected chi connectivity index (χ4v) is 4.54. The molecule has 0 aliphatic rings. The molecule has 0 saturated heterocycles. The van der Waals surface area contributed by atoms with Gasteiger partial charge in [0, 0.05) is 10.4 Å². The second-order valence-corrected chi connectivity index (χ2v) is 10.4. The Balaban J connectivity index is 1.36. The maximum Gasteiger partial charge on any atom is 0.260 e. The van der Waals surface area contributed by atoms with Crippen LogP contribution in [-0.4, -0.2) is 33.3 Å². The third-order valence-electron chi connectivity index (χ3n) is 5.32. The lowest BCUT2D eigenvalue weighted by Crippen LogP contribution is -2.39. The van der Waals surface area contributed by atoms with Crippen LogP contribution in [0.15, 0.2) is 96.1 Å². The Morgan fingerprint density at radius 1 is 0.972 bits per heavy atom. The predicted octanol–water partition coefficient (Wildman–Crippen LogP) is 4.99. The summed E-state index contributed by atoms with van der Waals surface area (Å²) >= 11 is 5.89. The number of sulfonamides is 1. The van der Waals surface area contributed by atoms with Gasteiger partial charge in [-0.05, 0) is 59.0 Å². The van der Waals surface area contributed by atoms with Crippen LogP contribution in [0, 0.1) is 0 Å². The molecule has 0 bridgehead atoms. The molecule has 1 N–H and O–H groups in total. The lowest BCUT2D eigenvalue weighted by atomic mass is 10.1. The van der Waals surface area contributed by atoms with Crippen molar-refractivity contribution in [2.75, 3.05) is 17.1 Å². The number of ether oxygens (including phenoxy) is 1. The standard InChI is InChI=1S/C27H24ClN3O4S/c1-36(33,34)31(26-8-4-6-22-5-2-3-7-25(22)26)18-27(32)30-29-17-20-11-15-24(16-12-20)35-19-21-9-13-23(28)14-10-21/h2-17H,18-19H2,1H3,(H,30,32)/b29-17-. The number of benzene rings is 4. The lowest BCUT2D eigenvalue weighted by Gasteiger charge is -2.23. The van der Waals surface area contributed by atoms with Gasteiger partial charge in [0.1, 0.15) is 18.9 Å². The molecule has 0 radical (unpaired) electrons. The second-order valence-electron chi connectivity index (χ2n) is 8.05. The Kier molecular flexibility index (Phi) is 7.87. The van der Waals surface area contributed by atoms with E-state index in [4.69, 9.17) is 16.3 Å². The number of nitrogens with one attached hydrogen (secondary N) is 1. The quantitative estimate of drug-likeness (QED) is 0.248. The largest absolute Gasteiger partial charge is 0.489 e. The van der Waals surface area contributed by atoms with Crippen molar-refractivity contribution in [3.8, 4) is 5.75 Å². The molecule has 0 aromatic heterocycles. The molecule has 4 aromatic rings. The Hall–Kier alpha value is -3.88. The van der Waals surface area contributed by atoms with E-state index in [9.17, 15) is 13.2 Å². The molecule has 184 valence electrons. The average Bonchev–Trinajstić information content (AvgIpc) is 2.87. The van der Waals surface area contributed by atoms with Crippen LogP contribution in [0.1, 0.15) is 11.1 Å². The van der Waals surface area contributed by atoms with Crippen LogP contribution in [0.25, 0.3) is 10.8 Å². The summed E-state index contributed by atoms with van der Waals surface area (Å²) in [7, 11) is -3.71. The molecule has 0 saturated carbocycles. The van der Waals surface area contributed by atoms with Crippen LogP contribution in [0.2, 0.25) is 5.02 Å². The number of carbonyl (C=O) groups excluding carboxylic acids is 1. The van der Waals surface area contributed by atoms with Gasteiger partial charge in [0.2, 0.25) is 10.0 Å². The first-order valence-corrected chi connectivity index (χ1v) is 13.3. The molecule has 4 rings (SSSR count). The van der Waals surface area contributed by atoms with Crippen molar-refractivity contribution in [1.29, 1.82) is 0 Å². The van der Waals surface area contributed by atoms with Gasteiger partial charge in [0.15, 0.2) is 0 Å². The van der Waals surface area contributed by atoms with Gasteiger partial charge in [-0.2, -0.15) is 5.10 Å². The predicted molar refractivity (Wildman–Crippen MR) is 144 cm³/mol. The monoisotopic (exact) mass is 521 g/mol. The number of nitrogens with zero attached hydrogens (tertiary/aromatic N) is 2. The molecule has 36 heavy (non-hydrogen) atoms. The maximum absolute atomic E-state index is 12.5. The molecule has 0 aliphatic carbocycles. The van der Waals surface area contributed by atoms with Crippen LogP contribution >= 0.6 is 11.6 Å². The highest BCUT2D eigenvalue weighted by Crippen LogP contribution is 2.28. The van der Waals surface area contributed by atoms with Crippen molar-refractivity contribution in [3.63, 3.8) is 0 Å². The highest BCUT2D eigenvalue weighted by Gasteiger charge is 2.22. The average molecular weight is 522 g/mol. The summed E-state index contributed by atoms with van der Waals surface area (Å²) in [5.41, 5.74) is 4.57. The summed E-state index contributed by atoms with van der Waals surface area (Å²) in [6, 6.07) is 27.3. The molecular formula is C27H24ClN3O4S. The molecule has 9 heteroatoms. The van der Waals surface area contributed by atoms with E-state index in [1.165, 1.54) is 6.21 Å². The number of carbonyl (C=O) groups is 1. The van der Waals surface area contributed by atoms with E-state index in [2.05, 4.69) is 10.5 Å². The Labute approximate surface area is 215 Å². The minimum Gasteiger partial charge on any atom is -0.489 e. The molecule has 7 nitrogen and oxygen atoms in total. The number of fused-ring (bicyclic) bond motifs is 1. The number of hydrazone groups is 1. The first-order chi connectivity index (χ1) is 17.3. The van der Waals surface area contributed by atoms with E-state index in [0.717, 1.165) is 32.5 Å². The smallest absolute Gasteiger partial charge is 0.260 e. The van der Waals surface area contributed by atoms with Crippen molar-refractivity contribution in [2.24, 2.45) is 5.10 Å². The zero-order valence-electron chi connectivity index (χ0n) is 19.5. The summed E-state index contributed by atoms with van der Waals surface area (Å²) in [5.74, 6) is 0.123. The van der Waals surface area contributed by atoms with Crippen LogP contribution in [0.3, 0.4) is 0 Å². The van der Waals surface area contributed by atoms with Crippen molar-refractivity contribution in [1.82, 2.24) is 5.43 Å². The lowest BCUT2D eigenvalue weighted by molar-refractivity contribution is -0.119. The molecule has 0 aliphatic heterocycles. The summed E-state index contributed by atoms with van der Waals surface area (Å²) < 4.78 is 31.8. The van der Waals surface area contributed by atoms with Crippen LogP contribution in [0.5, 0.6) is 5.75 Å². The van der Waals surface area contributed by atoms with Gasteiger partial charge < -0.3 is 4.74 Å². The highest BCUT2D eigenvalue weighted by molar-refractivity contribution is 7.92. The van der Waals surface area contributed by atoms with Crippen molar-refractivity contribution in [2.45, 2.75) is 6.61 Å². The Bertz CT molecular complexity index is 1480. The third-order valence-corrected chi connectivity index (χ3v) is 6.70. The zero-order valence-corrected chi connectivity index (χ0v) is 21.0. The van der Waals surface area contributed by atoms with Gasteiger partial charge in [0.25, 0.3) is 5.91 Å². The molecule has 0 fully saturated rings. The van der Waals surface area contributed by atoms with Gasteiger partial charge in [0.05, 0.1) is 18.2 Å². The number of rotatable bonds is 9. The fourth-order valence-electron chi connectivity index (χ4n) is 3.55. The van der Waals surface area contributed by atoms with Crippen molar-refractivity contribution < 1.29 is 17.9 Å². The summed E-state index contributed by atoms with van der Waals surface area (Å²) in [4.78, 5) is 12.5. The van der Waals surface area contributed by atoms with Crippen LogP contribution in [0.4, 0.5) is 5.69 Å². The van der Waals surface area contributed by atoms with Gasteiger partial charge in [-0.1, -0.05) is 60.1 Å². The summed E-state index contributed by atoms with van der Waals surface area (Å²) in [5, 5.41) is 6.25.